The Kier molecular flexibility index (Phi) is 5.69. The van der Waals surface area contributed by atoms with Crippen molar-refractivity contribution in [3.8, 4) is 0 Å². The highest BCUT2D eigenvalue weighted by Gasteiger charge is 2.45. The Hall–Kier alpha value is -2.42. The number of fused-ring (bicyclic) bond motifs is 1. The van der Waals surface area contributed by atoms with E-state index < -0.39 is 5.41 Å². The molecule has 1 aromatic carbocycles. The lowest BCUT2D eigenvalue weighted by atomic mass is 9.72. The van der Waals surface area contributed by atoms with Gasteiger partial charge in [-0.2, -0.15) is 14.6 Å². The molecule has 2 aliphatic rings. The third-order valence-electron chi connectivity index (χ3n) is 6.45. The van der Waals surface area contributed by atoms with Crippen LogP contribution in [0.3, 0.4) is 0 Å². The molecule has 0 aliphatic carbocycles. The van der Waals surface area contributed by atoms with Crippen LogP contribution in [0.2, 0.25) is 10.0 Å². The van der Waals surface area contributed by atoms with Crippen molar-refractivity contribution in [2.45, 2.75) is 25.2 Å². The zero-order chi connectivity index (χ0) is 22.3. The summed E-state index contributed by atoms with van der Waals surface area (Å²) in [5.74, 6) is 1.64. The summed E-state index contributed by atoms with van der Waals surface area (Å²) in [6.07, 6.45) is 2.73. The van der Waals surface area contributed by atoms with Crippen molar-refractivity contribution < 1.29 is 9.53 Å². The summed E-state index contributed by atoms with van der Waals surface area (Å²) in [6.45, 7) is 5.64. The molecule has 2 saturated heterocycles. The van der Waals surface area contributed by atoms with Crippen LogP contribution < -0.4 is 4.90 Å². The fourth-order valence-corrected chi connectivity index (χ4v) is 5.36. The summed E-state index contributed by atoms with van der Waals surface area (Å²) >= 11 is 12.7. The van der Waals surface area contributed by atoms with E-state index in [-0.39, 0.29) is 5.91 Å². The van der Waals surface area contributed by atoms with Crippen LogP contribution in [0, 0.1) is 6.92 Å². The number of rotatable bonds is 3. The Morgan fingerprint density at radius 2 is 1.84 bits per heavy atom. The van der Waals surface area contributed by atoms with Gasteiger partial charge in [0.25, 0.3) is 5.78 Å². The molecule has 0 atom stereocenters. The van der Waals surface area contributed by atoms with E-state index in [1.165, 1.54) is 6.33 Å². The summed E-state index contributed by atoms with van der Waals surface area (Å²) in [6, 6.07) is 7.42. The molecule has 1 amide bonds. The van der Waals surface area contributed by atoms with Gasteiger partial charge < -0.3 is 14.5 Å². The molecule has 3 aromatic rings. The predicted octanol–water partition coefficient (Wildman–Crippen LogP) is 3.14. The van der Waals surface area contributed by atoms with Crippen LogP contribution in [-0.4, -0.2) is 69.8 Å². The van der Waals surface area contributed by atoms with Gasteiger partial charge in [0, 0.05) is 61.2 Å². The first-order valence-corrected chi connectivity index (χ1v) is 11.5. The van der Waals surface area contributed by atoms with Crippen molar-refractivity contribution in [2.24, 2.45) is 0 Å². The number of carbonyl (C=O) groups excluding carboxylic acids is 1. The van der Waals surface area contributed by atoms with Gasteiger partial charge in [0.15, 0.2) is 0 Å². The first-order chi connectivity index (χ1) is 15.5. The summed E-state index contributed by atoms with van der Waals surface area (Å²) < 4.78 is 7.34. The zero-order valence-corrected chi connectivity index (χ0v) is 19.3. The summed E-state index contributed by atoms with van der Waals surface area (Å²) in [5, 5.41) is 5.41. The molecule has 2 aliphatic heterocycles. The number of piperazine rings is 1. The second kappa shape index (κ2) is 8.50. The van der Waals surface area contributed by atoms with Gasteiger partial charge in [0.1, 0.15) is 12.1 Å². The molecule has 2 fully saturated rings. The quantitative estimate of drug-likeness (QED) is 0.580. The number of ether oxygens (including phenoxy) is 1. The third-order valence-corrected chi connectivity index (χ3v) is 7.00. The molecular formula is C22H24Cl2N6O2. The number of aryl methyl sites for hydroxylation is 1. The Labute approximate surface area is 196 Å². The highest BCUT2D eigenvalue weighted by Crippen LogP contribution is 2.41. The van der Waals surface area contributed by atoms with Crippen LogP contribution in [0.1, 0.15) is 24.1 Å². The number of benzene rings is 1. The normalized spacial score (nSPS) is 18.8. The molecule has 0 bridgehead atoms. The Morgan fingerprint density at radius 1 is 1.09 bits per heavy atom. The largest absolute Gasteiger partial charge is 0.381 e. The fraction of sp³-hybridized carbons (Fsp3) is 0.455. The smallest absolute Gasteiger partial charge is 0.254 e. The van der Waals surface area contributed by atoms with Crippen LogP contribution in [-0.2, 0) is 14.9 Å². The second-order valence-electron chi connectivity index (χ2n) is 8.33. The van der Waals surface area contributed by atoms with E-state index in [0.29, 0.717) is 68.1 Å². The van der Waals surface area contributed by atoms with Gasteiger partial charge in [-0.05, 0) is 37.5 Å². The highest BCUT2D eigenvalue weighted by atomic mass is 35.5. The van der Waals surface area contributed by atoms with Crippen molar-refractivity contribution in [3.05, 3.63) is 51.9 Å². The maximum absolute atomic E-state index is 13.9. The fourth-order valence-electron chi connectivity index (χ4n) is 4.77. The van der Waals surface area contributed by atoms with E-state index in [2.05, 4.69) is 20.0 Å². The van der Waals surface area contributed by atoms with Crippen LogP contribution in [0.25, 0.3) is 5.78 Å². The van der Waals surface area contributed by atoms with Crippen LogP contribution >= 0.6 is 23.2 Å². The first-order valence-electron chi connectivity index (χ1n) is 10.7. The van der Waals surface area contributed by atoms with Crippen LogP contribution in [0.5, 0.6) is 0 Å². The van der Waals surface area contributed by atoms with Gasteiger partial charge in [-0.25, -0.2) is 4.98 Å². The van der Waals surface area contributed by atoms with Gasteiger partial charge in [0.2, 0.25) is 5.91 Å². The number of nitrogens with zero attached hydrogens (tertiary/aromatic N) is 6. The Balaban J connectivity index is 1.39. The molecule has 0 spiro atoms. The van der Waals surface area contributed by atoms with E-state index in [1.807, 2.05) is 24.0 Å². The number of amides is 1. The molecule has 2 aromatic heterocycles. The average Bonchev–Trinajstić information content (AvgIpc) is 3.27. The van der Waals surface area contributed by atoms with Gasteiger partial charge >= 0.3 is 0 Å². The lowest BCUT2D eigenvalue weighted by Gasteiger charge is -2.43. The van der Waals surface area contributed by atoms with Crippen molar-refractivity contribution in [1.82, 2.24) is 24.5 Å². The average molecular weight is 475 g/mol. The second-order valence-corrected chi connectivity index (χ2v) is 9.17. The first kappa shape index (κ1) is 21.4. The number of hydrogen-bond acceptors (Lipinski definition) is 6. The lowest BCUT2D eigenvalue weighted by Crippen LogP contribution is -2.56. The van der Waals surface area contributed by atoms with E-state index in [1.54, 1.807) is 16.6 Å². The number of anilines is 1. The SMILES string of the molecule is Cc1cc(N2CCN(C(=O)C3(c4ccc(Cl)cc4Cl)CCOCC3)CC2)n2ncnc2n1. The molecule has 0 saturated carbocycles. The predicted molar refractivity (Wildman–Crippen MR) is 123 cm³/mol. The summed E-state index contributed by atoms with van der Waals surface area (Å²) in [7, 11) is 0. The molecule has 10 heteroatoms. The number of hydrogen-bond donors (Lipinski definition) is 0. The Bertz CT molecular complexity index is 1150. The Morgan fingerprint density at radius 3 is 2.56 bits per heavy atom. The number of carbonyl (C=O) groups is 1. The molecule has 168 valence electrons. The van der Waals surface area contributed by atoms with Crippen molar-refractivity contribution >= 4 is 40.7 Å². The van der Waals surface area contributed by atoms with Gasteiger partial charge in [-0.1, -0.05) is 29.3 Å². The zero-order valence-electron chi connectivity index (χ0n) is 17.8. The highest BCUT2D eigenvalue weighted by molar-refractivity contribution is 6.35. The van der Waals surface area contributed by atoms with Crippen molar-refractivity contribution in [3.63, 3.8) is 0 Å². The van der Waals surface area contributed by atoms with Gasteiger partial charge in [-0.3, -0.25) is 4.79 Å². The number of aromatic nitrogens is 4. The van der Waals surface area contributed by atoms with Gasteiger partial charge in [-0.15, -0.1) is 0 Å². The van der Waals surface area contributed by atoms with Crippen molar-refractivity contribution in [1.29, 1.82) is 0 Å². The molecule has 0 unspecified atom stereocenters. The summed E-state index contributed by atoms with van der Waals surface area (Å²) in [5.41, 5.74) is 1.04. The third kappa shape index (κ3) is 3.70. The van der Waals surface area contributed by atoms with E-state index in [0.717, 1.165) is 17.1 Å². The van der Waals surface area contributed by atoms with Crippen LogP contribution in [0.4, 0.5) is 5.82 Å². The maximum Gasteiger partial charge on any atom is 0.254 e. The molecule has 8 nitrogen and oxygen atoms in total. The number of halogens is 2. The minimum absolute atomic E-state index is 0.112. The minimum atomic E-state index is -0.686. The minimum Gasteiger partial charge on any atom is -0.381 e. The van der Waals surface area contributed by atoms with Crippen molar-refractivity contribution in [2.75, 3.05) is 44.3 Å². The molecule has 4 heterocycles. The molecular weight excluding hydrogens is 451 g/mol. The summed E-state index contributed by atoms with van der Waals surface area (Å²) in [4.78, 5) is 26.7. The molecule has 0 radical (unpaired) electrons. The van der Waals surface area contributed by atoms with E-state index in [9.17, 15) is 4.79 Å². The monoisotopic (exact) mass is 474 g/mol. The molecule has 5 rings (SSSR count). The topological polar surface area (TPSA) is 75.9 Å². The van der Waals surface area contributed by atoms with E-state index in [4.69, 9.17) is 27.9 Å². The standard InChI is InChI=1S/C22H24Cl2N6O2/c1-15-12-19(30-21(27-15)25-14-26-30)28-6-8-29(9-7-28)20(31)22(4-10-32-11-5-22)17-3-2-16(23)13-18(17)24/h2-3,12-14H,4-11H2,1H3. The molecule has 32 heavy (non-hydrogen) atoms. The molecule has 0 N–H and O–H groups in total. The van der Waals surface area contributed by atoms with E-state index >= 15 is 0 Å². The maximum atomic E-state index is 13.9. The van der Waals surface area contributed by atoms with Crippen LogP contribution in [0.15, 0.2) is 30.6 Å². The van der Waals surface area contributed by atoms with Gasteiger partial charge in [0.05, 0.1) is 5.41 Å². The lowest BCUT2D eigenvalue weighted by molar-refractivity contribution is -0.141.